The van der Waals surface area contributed by atoms with Crippen LogP contribution in [-0.4, -0.2) is 139 Å². The number of rotatable bonds is 18. The lowest BCUT2D eigenvalue weighted by molar-refractivity contribution is -0.132. The first-order valence-electron chi connectivity index (χ1n) is 28.3. The quantitative estimate of drug-likeness (QED) is 0.0634. The van der Waals surface area contributed by atoms with Gasteiger partial charge in [0.15, 0.2) is 5.82 Å². The molecular weight excluding hydrogens is 1060 g/mol. The molecule has 1 atom stereocenters. The number of hydrogen-bond donors (Lipinski definition) is 4. The van der Waals surface area contributed by atoms with Crippen LogP contribution in [0.4, 0.5) is 30.6 Å². The molecule has 2 saturated heterocycles. The van der Waals surface area contributed by atoms with Gasteiger partial charge in [-0.1, -0.05) is 79.7 Å². The fraction of sp³-hybridized carbons (Fsp3) is 0.387. The van der Waals surface area contributed by atoms with Gasteiger partial charge in [0.25, 0.3) is 5.91 Å². The fourth-order valence-corrected chi connectivity index (χ4v) is 11.7. The lowest BCUT2D eigenvalue weighted by Gasteiger charge is -2.42. The number of piperazine rings is 1. The highest BCUT2D eigenvalue weighted by Crippen LogP contribution is 2.38. The molecule has 0 bridgehead atoms. The number of nitrogens with one attached hydrogen (secondary N) is 2. The summed E-state index contributed by atoms with van der Waals surface area (Å²) in [7, 11) is 2.00. The number of fused-ring (bicyclic) bond motifs is 2. The number of carbonyl (C=O) groups excluding carboxylic acids is 3. The van der Waals surface area contributed by atoms with E-state index in [-0.39, 0.29) is 47.2 Å². The Morgan fingerprint density at radius 2 is 1.54 bits per heavy atom. The largest absolute Gasteiger partial charge is 0.508 e. The van der Waals surface area contributed by atoms with Crippen LogP contribution in [-0.2, 0) is 48.5 Å². The van der Waals surface area contributed by atoms with Gasteiger partial charge in [-0.25, -0.2) is 4.98 Å². The Bertz CT molecular complexity index is 3520. The highest BCUT2D eigenvalue weighted by molar-refractivity contribution is 5.94. The zero-order valence-electron chi connectivity index (χ0n) is 46.9. The van der Waals surface area contributed by atoms with Crippen molar-refractivity contribution in [3.8, 4) is 34.6 Å². The smallest absolute Gasteiger partial charge is 0.405 e. The molecule has 0 spiro atoms. The van der Waals surface area contributed by atoms with Crippen LogP contribution in [0.15, 0.2) is 103 Å². The summed E-state index contributed by atoms with van der Waals surface area (Å²) in [6.07, 6.45) is -0.268. The average Bonchev–Trinajstić information content (AvgIpc) is 4.18. The first-order chi connectivity index (χ1) is 40.0. The minimum absolute atomic E-state index is 0.00911. The van der Waals surface area contributed by atoms with Gasteiger partial charge in [-0.05, 0) is 97.0 Å². The number of hydrogen-bond acceptors (Lipinski definition) is 14. The molecule has 0 aliphatic carbocycles. The number of aryl methyl sites for hydroxylation is 1. The molecule has 3 aliphatic heterocycles. The van der Waals surface area contributed by atoms with E-state index >= 15 is 0 Å². The van der Waals surface area contributed by atoms with Crippen molar-refractivity contribution >= 4 is 45.9 Å². The number of piperidine rings is 1. The third-order valence-electron chi connectivity index (χ3n) is 16.0. The minimum atomic E-state index is -4.65. The highest BCUT2D eigenvalue weighted by Gasteiger charge is 2.34. The highest BCUT2D eigenvalue weighted by atomic mass is 19.4. The van der Waals surface area contributed by atoms with E-state index in [2.05, 4.69) is 96.9 Å². The molecule has 0 saturated carbocycles. The van der Waals surface area contributed by atoms with Gasteiger partial charge >= 0.3 is 6.18 Å². The van der Waals surface area contributed by atoms with E-state index in [0.717, 1.165) is 72.2 Å². The van der Waals surface area contributed by atoms with Crippen molar-refractivity contribution in [1.82, 2.24) is 44.7 Å². The van der Waals surface area contributed by atoms with Gasteiger partial charge in [0.2, 0.25) is 23.6 Å². The average molecular weight is 1130 g/mol. The number of nitrogens with zero attached hydrogens (tertiary/aromatic N) is 11. The Morgan fingerprint density at radius 1 is 0.831 bits per heavy atom. The number of benzene rings is 5. The molecule has 4 N–H and O–H groups in total. The number of aromatic hydroxyl groups is 2. The Labute approximate surface area is 480 Å². The summed E-state index contributed by atoms with van der Waals surface area (Å²) in [5.41, 5.74) is 7.44. The number of aromatic nitrogens is 5. The van der Waals surface area contributed by atoms with Crippen LogP contribution < -0.4 is 20.4 Å². The summed E-state index contributed by atoms with van der Waals surface area (Å²) in [4.78, 5) is 59.9. The van der Waals surface area contributed by atoms with Gasteiger partial charge in [0.1, 0.15) is 23.9 Å². The third kappa shape index (κ3) is 13.4. The number of nitriles is 1. The number of phenols is 2. The van der Waals surface area contributed by atoms with Crippen LogP contribution in [0.5, 0.6) is 11.5 Å². The first kappa shape index (κ1) is 57.5. The minimum Gasteiger partial charge on any atom is -0.508 e. The van der Waals surface area contributed by atoms with E-state index in [1.54, 1.807) is 24.0 Å². The van der Waals surface area contributed by atoms with Crippen molar-refractivity contribution < 1.29 is 37.8 Å². The lowest BCUT2D eigenvalue weighted by atomic mass is 9.90. The topological polar surface area (TPSA) is 212 Å². The van der Waals surface area contributed by atoms with E-state index in [1.165, 1.54) is 27.0 Å². The van der Waals surface area contributed by atoms with Crippen LogP contribution in [0.2, 0.25) is 0 Å². The zero-order chi connectivity index (χ0) is 58.4. The van der Waals surface area contributed by atoms with Crippen LogP contribution in [0.3, 0.4) is 0 Å². The number of phenolic OH excluding ortho intramolecular Hbond substituents is 2. The first-order valence-corrected chi connectivity index (χ1v) is 28.3. The summed E-state index contributed by atoms with van der Waals surface area (Å²) < 4.78 is 40.5. The second kappa shape index (κ2) is 25.2. The standard InChI is InChI=1S/C62H68F3N13O5/c1-4-45-33-51(55(81)34-54(45)80)58-71-72-59(60(83)68-39-62(63,64)65)78(58)47-18-16-44(17-19-47)36-73(3)35-43-14-12-41(13-15-43)32-42-22-27-74(28-23-42)56(82)21-26-67-61-69-52-38-75(53-11-7-9-46-8-5-6-10-49(46)53)29-24-50(52)57(70-61)76-30-31-77(40(2)79)48(37-76)20-25-66/h5-19,33-34,42,48,80-81H,4,20-24,26-32,35-39H2,1-3H3,(H,68,83)(H,67,69,70)/t48-/m1/s1. The lowest BCUT2D eigenvalue weighted by Crippen LogP contribution is -2.55. The van der Waals surface area contributed by atoms with Gasteiger partial charge in [0.05, 0.1) is 36.3 Å². The molecule has 10 rings (SSSR count). The molecule has 5 aromatic carbocycles. The van der Waals surface area contributed by atoms with Gasteiger partial charge < -0.3 is 40.4 Å². The second-order valence-corrected chi connectivity index (χ2v) is 21.8. The monoisotopic (exact) mass is 1130 g/mol. The van der Waals surface area contributed by atoms with Gasteiger partial charge in [-0.15, -0.1) is 10.2 Å². The van der Waals surface area contributed by atoms with Crippen LogP contribution >= 0.6 is 0 Å². The zero-order valence-corrected chi connectivity index (χ0v) is 46.9. The number of carbonyl (C=O) groups is 3. The van der Waals surface area contributed by atoms with Crippen molar-refractivity contribution in [3.63, 3.8) is 0 Å². The summed E-state index contributed by atoms with van der Waals surface area (Å²) >= 11 is 0. The Morgan fingerprint density at radius 3 is 2.25 bits per heavy atom. The molecule has 2 fully saturated rings. The fourth-order valence-electron chi connectivity index (χ4n) is 11.7. The van der Waals surface area contributed by atoms with Crippen molar-refractivity contribution in [2.24, 2.45) is 5.92 Å². The predicted molar refractivity (Wildman–Crippen MR) is 310 cm³/mol. The predicted octanol–water partition coefficient (Wildman–Crippen LogP) is 8.57. The van der Waals surface area contributed by atoms with E-state index in [1.807, 2.05) is 42.4 Å². The normalized spacial score (nSPS) is 15.8. The van der Waals surface area contributed by atoms with E-state index in [0.29, 0.717) is 94.9 Å². The SMILES string of the molecule is CCc1cc(-c2nnc(C(=O)NCC(F)(F)F)n2-c2ccc(CN(C)Cc3ccc(CC4CCN(C(=O)CCNc5nc6c(c(N7CCN(C(C)=O)[C@H](CC#N)C7)n5)CCN(c5cccc7ccccc57)C6)CC4)cc3)cc2)c(O)cc1O. The molecule has 21 heteroatoms. The maximum atomic E-state index is 13.7. The molecule has 5 heterocycles. The Hall–Kier alpha value is -8.77. The Balaban J connectivity index is 0.722. The van der Waals surface area contributed by atoms with E-state index in [4.69, 9.17) is 9.97 Å². The summed E-state index contributed by atoms with van der Waals surface area (Å²) in [6.45, 7) is 7.70. The van der Waals surface area contributed by atoms with Gasteiger partial charge in [0, 0.05) is 101 Å². The van der Waals surface area contributed by atoms with E-state index < -0.39 is 24.5 Å². The maximum Gasteiger partial charge on any atom is 0.405 e. The van der Waals surface area contributed by atoms with Crippen LogP contribution in [0, 0.1) is 17.2 Å². The molecule has 2 aromatic heterocycles. The third-order valence-corrected chi connectivity index (χ3v) is 16.0. The number of anilines is 3. The molecule has 0 unspecified atom stereocenters. The van der Waals surface area contributed by atoms with Crippen LogP contribution in [0.1, 0.15) is 83.7 Å². The molecule has 18 nitrogen and oxygen atoms in total. The molecule has 3 aliphatic rings. The number of amides is 3. The molecule has 7 aromatic rings. The number of alkyl halides is 3. The molecule has 432 valence electrons. The second-order valence-electron chi connectivity index (χ2n) is 21.8. The van der Waals surface area contributed by atoms with Crippen LogP contribution in [0.25, 0.3) is 27.8 Å². The summed E-state index contributed by atoms with van der Waals surface area (Å²) in [6, 6.07) is 35.2. The van der Waals surface area contributed by atoms with Crippen molar-refractivity contribution in [2.75, 3.05) is 74.5 Å². The van der Waals surface area contributed by atoms with Gasteiger partial charge in [-0.3, -0.25) is 23.9 Å². The van der Waals surface area contributed by atoms with E-state index in [9.17, 15) is 43.0 Å². The van der Waals surface area contributed by atoms with Crippen molar-refractivity contribution in [1.29, 1.82) is 5.26 Å². The number of halogens is 3. The van der Waals surface area contributed by atoms with Crippen molar-refractivity contribution in [3.05, 3.63) is 142 Å². The summed E-state index contributed by atoms with van der Waals surface area (Å²) in [5.74, 6) is -0.212. The number of likely N-dealkylation sites (tertiary alicyclic amines) is 1. The molecule has 0 radical (unpaired) electrons. The van der Waals surface area contributed by atoms with Gasteiger partial charge in [-0.2, -0.15) is 23.4 Å². The summed E-state index contributed by atoms with van der Waals surface area (Å²) in [5, 5.41) is 46.5. The molecule has 3 amide bonds. The molecular formula is C62H68F3N13O5. The maximum absolute atomic E-state index is 13.7. The Kier molecular flexibility index (Phi) is 17.4. The molecule has 83 heavy (non-hydrogen) atoms. The van der Waals surface area contributed by atoms with Crippen molar-refractivity contribution in [2.45, 2.75) is 90.6 Å².